The lowest BCUT2D eigenvalue weighted by molar-refractivity contribution is 0.0825. The van der Waals surface area contributed by atoms with E-state index in [1.807, 2.05) is 60.7 Å². The fourth-order valence-corrected chi connectivity index (χ4v) is 3.31. The van der Waals surface area contributed by atoms with Gasteiger partial charge in [0.25, 0.3) is 5.91 Å². The minimum atomic E-state index is -0.615. The van der Waals surface area contributed by atoms with Crippen molar-refractivity contribution in [2.24, 2.45) is 0 Å². The lowest BCUT2D eigenvalue weighted by atomic mass is 10.1. The van der Waals surface area contributed by atoms with Gasteiger partial charge < -0.3 is 4.52 Å². The topological polar surface area (TPSA) is 128 Å². The molecule has 10 nitrogen and oxygen atoms in total. The highest BCUT2D eigenvalue weighted by Crippen LogP contribution is 2.18. The number of hydrogen-bond acceptors (Lipinski definition) is 7. The largest absolute Gasteiger partial charge is 0.350 e. The molecule has 35 heavy (non-hydrogen) atoms. The zero-order chi connectivity index (χ0) is 24.0. The van der Waals surface area contributed by atoms with Gasteiger partial charge in [0.15, 0.2) is 0 Å². The van der Waals surface area contributed by atoms with E-state index in [0.717, 1.165) is 16.7 Å². The molecule has 0 saturated heterocycles. The average Bonchev–Trinajstić information content (AvgIpc) is 3.59. The highest BCUT2D eigenvalue weighted by Gasteiger charge is 2.15. The Bertz CT molecular complexity index is 1450. The Hall–Kier alpha value is -5.12. The monoisotopic (exact) mass is 465 g/mol. The first kappa shape index (κ1) is 21.7. The quantitative estimate of drug-likeness (QED) is 0.369. The van der Waals surface area contributed by atoms with Crippen LogP contribution in [0.1, 0.15) is 26.5 Å². The number of aromatic nitrogens is 5. The highest BCUT2D eigenvalue weighted by atomic mass is 16.5. The molecule has 2 amide bonds. The van der Waals surface area contributed by atoms with Gasteiger partial charge in [-0.3, -0.25) is 20.4 Å². The summed E-state index contributed by atoms with van der Waals surface area (Å²) in [7, 11) is 0. The molecule has 0 bridgehead atoms. The van der Waals surface area contributed by atoms with Crippen molar-refractivity contribution in [3.05, 3.63) is 108 Å². The van der Waals surface area contributed by atoms with E-state index in [9.17, 15) is 9.59 Å². The maximum atomic E-state index is 12.4. The summed E-state index contributed by atoms with van der Waals surface area (Å²) in [6.07, 6.45) is 0. The molecule has 172 valence electrons. The van der Waals surface area contributed by atoms with Crippen LogP contribution in [0.3, 0.4) is 0 Å². The van der Waals surface area contributed by atoms with Crippen molar-refractivity contribution in [1.29, 1.82) is 0 Å². The molecule has 5 aromatic rings. The first-order chi connectivity index (χ1) is 17.2. The number of nitrogens with one attached hydrogen (secondary N) is 2. The van der Waals surface area contributed by atoms with Crippen molar-refractivity contribution in [1.82, 2.24) is 36.2 Å². The SMILES string of the molecule is O=C(NNC(=O)c1cc(-c2ccccc2)no1)c1ccc(Cn2nnc(-c3ccccc3)n2)cc1. The van der Waals surface area contributed by atoms with Gasteiger partial charge in [-0.15, -0.1) is 10.2 Å². The van der Waals surface area contributed by atoms with Crippen LogP contribution in [0.2, 0.25) is 0 Å². The molecule has 0 spiro atoms. The standard InChI is InChI=1S/C25H19N7O3/c33-24(27-28-25(34)22-15-21(30-35-22)18-7-3-1-4-8-18)20-13-11-17(12-14-20)16-32-29-23(26-31-32)19-9-5-2-6-10-19/h1-15H,16H2,(H,27,33)(H,28,34). The number of carbonyl (C=O) groups is 2. The Balaban J connectivity index is 1.16. The molecular formula is C25H19N7O3. The van der Waals surface area contributed by atoms with Gasteiger partial charge in [0.2, 0.25) is 11.6 Å². The second-order valence-electron chi connectivity index (χ2n) is 7.56. The van der Waals surface area contributed by atoms with Gasteiger partial charge in [-0.05, 0) is 22.9 Å². The van der Waals surface area contributed by atoms with E-state index in [-0.39, 0.29) is 5.76 Å². The average molecular weight is 465 g/mol. The smallest absolute Gasteiger partial charge is 0.308 e. The molecule has 2 heterocycles. The molecule has 0 fully saturated rings. The minimum absolute atomic E-state index is 0.0188. The van der Waals surface area contributed by atoms with Gasteiger partial charge in [0.1, 0.15) is 5.69 Å². The van der Waals surface area contributed by atoms with Gasteiger partial charge in [-0.2, -0.15) is 4.80 Å². The zero-order valence-corrected chi connectivity index (χ0v) is 18.3. The summed E-state index contributed by atoms with van der Waals surface area (Å²) >= 11 is 0. The molecule has 5 rings (SSSR count). The van der Waals surface area contributed by atoms with E-state index in [2.05, 4.69) is 31.4 Å². The summed E-state index contributed by atoms with van der Waals surface area (Å²) in [5, 5.41) is 16.4. The fourth-order valence-electron chi connectivity index (χ4n) is 3.31. The Morgan fingerprint density at radius 1 is 0.800 bits per heavy atom. The van der Waals surface area contributed by atoms with Crippen molar-refractivity contribution in [2.75, 3.05) is 0 Å². The summed E-state index contributed by atoms with van der Waals surface area (Å²) in [5.41, 5.74) is 8.18. The number of rotatable bonds is 6. The van der Waals surface area contributed by atoms with Crippen molar-refractivity contribution >= 4 is 11.8 Å². The second kappa shape index (κ2) is 9.79. The number of tetrazole rings is 1. The van der Waals surface area contributed by atoms with Crippen LogP contribution in [-0.2, 0) is 6.54 Å². The molecule has 2 aromatic heterocycles. The first-order valence-corrected chi connectivity index (χ1v) is 10.7. The van der Waals surface area contributed by atoms with Crippen molar-refractivity contribution in [3.8, 4) is 22.6 Å². The highest BCUT2D eigenvalue weighted by molar-refractivity contribution is 5.98. The lowest BCUT2D eigenvalue weighted by Gasteiger charge is -2.06. The number of benzene rings is 3. The van der Waals surface area contributed by atoms with Crippen LogP contribution in [0.4, 0.5) is 0 Å². The summed E-state index contributed by atoms with van der Waals surface area (Å²) in [5.74, 6) is -0.566. The Morgan fingerprint density at radius 2 is 1.46 bits per heavy atom. The predicted octanol–water partition coefficient (Wildman–Crippen LogP) is 3.12. The van der Waals surface area contributed by atoms with Crippen LogP contribution in [0.15, 0.2) is 95.5 Å². The van der Waals surface area contributed by atoms with Gasteiger partial charge >= 0.3 is 5.91 Å². The Morgan fingerprint density at radius 3 is 2.17 bits per heavy atom. The van der Waals surface area contributed by atoms with E-state index < -0.39 is 11.8 Å². The number of hydrazine groups is 1. The third-order valence-electron chi connectivity index (χ3n) is 5.12. The maximum Gasteiger partial charge on any atom is 0.308 e. The molecule has 2 N–H and O–H groups in total. The Kier molecular flexibility index (Phi) is 6.07. The minimum Gasteiger partial charge on any atom is -0.350 e. The van der Waals surface area contributed by atoms with Crippen LogP contribution in [-0.4, -0.2) is 37.2 Å². The summed E-state index contributed by atoms with van der Waals surface area (Å²) in [6, 6.07) is 27.3. The molecule has 3 aromatic carbocycles. The van der Waals surface area contributed by atoms with E-state index in [1.165, 1.54) is 10.9 Å². The zero-order valence-electron chi connectivity index (χ0n) is 18.3. The maximum absolute atomic E-state index is 12.4. The molecule has 0 aliphatic heterocycles. The van der Waals surface area contributed by atoms with Gasteiger partial charge in [-0.1, -0.05) is 78.0 Å². The van der Waals surface area contributed by atoms with Crippen LogP contribution in [0.5, 0.6) is 0 Å². The van der Waals surface area contributed by atoms with E-state index in [4.69, 9.17) is 4.52 Å². The number of nitrogens with zero attached hydrogens (tertiary/aromatic N) is 5. The van der Waals surface area contributed by atoms with Crippen molar-refractivity contribution in [3.63, 3.8) is 0 Å². The van der Waals surface area contributed by atoms with Crippen LogP contribution >= 0.6 is 0 Å². The molecule has 0 aliphatic rings. The molecule has 0 radical (unpaired) electrons. The van der Waals surface area contributed by atoms with E-state index >= 15 is 0 Å². The Labute approximate surface area is 199 Å². The number of amides is 2. The molecular weight excluding hydrogens is 446 g/mol. The van der Waals surface area contributed by atoms with Gasteiger partial charge in [0, 0.05) is 22.8 Å². The van der Waals surface area contributed by atoms with Crippen molar-refractivity contribution in [2.45, 2.75) is 6.54 Å². The third kappa shape index (κ3) is 5.11. The molecule has 0 saturated carbocycles. The lowest BCUT2D eigenvalue weighted by Crippen LogP contribution is -2.41. The van der Waals surface area contributed by atoms with E-state index in [0.29, 0.717) is 23.6 Å². The fraction of sp³-hybridized carbons (Fsp3) is 0.0400. The molecule has 0 unspecified atom stereocenters. The molecule has 0 atom stereocenters. The number of hydrogen-bond donors (Lipinski definition) is 2. The molecule has 10 heteroatoms. The van der Waals surface area contributed by atoms with Crippen LogP contribution < -0.4 is 10.9 Å². The number of carbonyl (C=O) groups excluding carboxylic acids is 2. The molecule has 0 aliphatic carbocycles. The van der Waals surface area contributed by atoms with Crippen LogP contribution in [0, 0.1) is 0 Å². The summed E-state index contributed by atoms with van der Waals surface area (Å²) < 4.78 is 5.09. The second-order valence-corrected chi connectivity index (χ2v) is 7.56. The third-order valence-corrected chi connectivity index (χ3v) is 5.12. The summed E-state index contributed by atoms with van der Waals surface area (Å²) in [6.45, 7) is 0.397. The van der Waals surface area contributed by atoms with Crippen molar-refractivity contribution < 1.29 is 14.1 Å². The van der Waals surface area contributed by atoms with Gasteiger partial charge in [-0.25, -0.2) is 0 Å². The van der Waals surface area contributed by atoms with Gasteiger partial charge in [0.05, 0.1) is 6.54 Å². The summed E-state index contributed by atoms with van der Waals surface area (Å²) in [4.78, 5) is 26.2. The van der Waals surface area contributed by atoms with Crippen LogP contribution in [0.25, 0.3) is 22.6 Å². The predicted molar refractivity (Wildman–Crippen MR) is 126 cm³/mol. The normalized spacial score (nSPS) is 10.6. The van der Waals surface area contributed by atoms with E-state index in [1.54, 1.807) is 24.3 Å². The first-order valence-electron chi connectivity index (χ1n) is 10.7.